The Labute approximate surface area is 110 Å². The van der Waals surface area contributed by atoms with E-state index >= 15 is 0 Å². The molecule has 1 saturated carbocycles. The van der Waals surface area contributed by atoms with Crippen molar-refractivity contribution in [1.82, 2.24) is 5.32 Å². The van der Waals surface area contributed by atoms with Crippen LogP contribution in [0.1, 0.15) is 52.4 Å². The van der Waals surface area contributed by atoms with Crippen molar-refractivity contribution >= 4 is 5.91 Å². The van der Waals surface area contributed by atoms with E-state index in [-0.39, 0.29) is 23.5 Å². The Morgan fingerprint density at radius 3 is 2.67 bits per heavy atom. The van der Waals surface area contributed by atoms with Crippen LogP contribution in [0, 0.1) is 5.92 Å². The normalized spacial score (nSPS) is 28.6. The number of rotatable bonds is 3. The lowest BCUT2D eigenvalue weighted by Crippen LogP contribution is -2.52. The van der Waals surface area contributed by atoms with Gasteiger partial charge in [-0.05, 0) is 31.6 Å². The monoisotopic (exact) mass is 254 g/mol. The van der Waals surface area contributed by atoms with Gasteiger partial charge in [0.1, 0.15) is 0 Å². The van der Waals surface area contributed by atoms with Gasteiger partial charge in [-0.25, -0.2) is 0 Å². The molecule has 2 fully saturated rings. The van der Waals surface area contributed by atoms with Crippen LogP contribution in [0.3, 0.4) is 0 Å². The molecule has 0 radical (unpaired) electrons. The van der Waals surface area contributed by atoms with Crippen LogP contribution in [-0.2, 0) is 9.53 Å². The standard InChI is InChI=1S/C14H26N2O2/c1-10(2)12(15)13(17)16-11-5-8-18-14(9-11)6-3-4-7-14/h10-12H,3-9,15H2,1-2H3,(H,16,17)/t11?,12-/m0/s1. The number of carbonyl (C=O) groups excluding carboxylic acids is 1. The van der Waals surface area contributed by atoms with Crippen LogP contribution in [0.15, 0.2) is 0 Å². The molecule has 0 bridgehead atoms. The number of ether oxygens (including phenoxy) is 1. The quantitative estimate of drug-likeness (QED) is 0.803. The summed E-state index contributed by atoms with van der Waals surface area (Å²) in [6.45, 7) is 4.72. The molecule has 1 saturated heterocycles. The molecule has 0 aromatic carbocycles. The zero-order valence-corrected chi connectivity index (χ0v) is 11.6. The van der Waals surface area contributed by atoms with Crippen LogP contribution in [0.2, 0.25) is 0 Å². The predicted molar refractivity (Wildman–Crippen MR) is 71.1 cm³/mol. The first-order chi connectivity index (χ1) is 8.52. The largest absolute Gasteiger partial charge is 0.375 e. The Bertz CT molecular complexity index is 298. The van der Waals surface area contributed by atoms with E-state index in [4.69, 9.17) is 10.5 Å². The summed E-state index contributed by atoms with van der Waals surface area (Å²) in [5, 5.41) is 3.11. The Kier molecular flexibility index (Phi) is 4.28. The molecule has 1 spiro atoms. The van der Waals surface area contributed by atoms with E-state index in [1.807, 2.05) is 13.8 Å². The third kappa shape index (κ3) is 3.04. The number of hydrogen-bond acceptors (Lipinski definition) is 3. The van der Waals surface area contributed by atoms with Crippen molar-refractivity contribution in [3.63, 3.8) is 0 Å². The average molecular weight is 254 g/mol. The lowest BCUT2D eigenvalue weighted by Gasteiger charge is -2.39. The lowest BCUT2D eigenvalue weighted by atomic mass is 9.88. The first kappa shape index (κ1) is 13.8. The van der Waals surface area contributed by atoms with Crippen molar-refractivity contribution in [2.75, 3.05) is 6.61 Å². The molecule has 4 nitrogen and oxygen atoms in total. The fourth-order valence-electron chi connectivity index (χ4n) is 3.12. The van der Waals surface area contributed by atoms with Crippen molar-refractivity contribution in [2.24, 2.45) is 11.7 Å². The van der Waals surface area contributed by atoms with Gasteiger partial charge in [0.2, 0.25) is 5.91 Å². The minimum absolute atomic E-state index is 0.00922. The summed E-state index contributed by atoms with van der Waals surface area (Å²) in [7, 11) is 0. The van der Waals surface area contributed by atoms with Crippen LogP contribution < -0.4 is 11.1 Å². The van der Waals surface area contributed by atoms with Gasteiger partial charge in [-0.2, -0.15) is 0 Å². The molecule has 1 aliphatic carbocycles. The van der Waals surface area contributed by atoms with E-state index in [1.54, 1.807) is 0 Å². The van der Waals surface area contributed by atoms with Crippen molar-refractivity contribution in [3.8, 4) is 0 Å². The highest BCUT2D eigenvalue weighted by atomic mass is 16.5. The van der Waals surface area contributed by atoms with Gasteiger partial charge in [-0.3, -0.25) is 4.79 Å². The molecule has 2 rings (SSSR count). The first-order valence-corrected chi connectivity index (χ1v) is 7.22. The number of carbonyl (C=O) groups is 1. The molecule has 0 aromatic heterocycles. The number of hydrogen-bond donors (Lipinski definition) is 2. The summed E-state index contributed by atoms with van der Waals surface area (Å²) in [5.41, 5.74) is 5.93. The van der Waals surface area contributed by atoms with Crippen molar-refractivity contribution in [3.05, 3.63) is 0 Å². The molecule has 2 aliphatic rings. The number of nitrogens with one attached hydrogen (secondary N) is 1. The SMILES string of the molecule is CC(C)[C@H](N)C(=O)NC1CCOC2(CCCC2)C1. The fourth-order valence-corrected chi connectivity index (χ4v) is 3.12. The van der Waals surface area contributed by atoms with Crippen LogP contribution in [0.5, 0.6) is 0 Å². The highest BCUT2D eigenvalue weighted by molar-refractivity contribution is 5.82. The average Bonchev–Trinajstić information content (AvgIpc) is 2.76. The molecule has 18 heavy (non-hydrogen) atoms. The highest BCUT2D eigenvalue weighted by Crippen LogP contribution is 2.39. The van der Waals surface area contributed by atoms with Crippen molar-refractivity contribution < 1.29 is 9.53 Å². The summed E-state index contributed by atoms with van der Waals surface area (Å²) < 4.78 is 5.96. The van der Waals surface area contributed by atoms with E-state index in [0.717, 1.165) is 32.3 Å². The summed E-state index contributed by atoms with van der Waals surface area (Å²) in [6, 6.07) is -0.151. The molecule has 3 N–H and O–H groups in total. The van der Waals surface area contributed by atoms with Crippen LogP contribution in [0.4, 0.5) is 0 Å². The lowest BCUT2D eigenvalue weighted by molar-refractivity contribution is -0.127. The molecule has 1 unspecified atom stereocenters. The molecule has 1 amide bonds. The third-order valence-corrected chi connectivity index (χ3v) is 4.38. The van der Waals surface area contributed by atoms with E-state index < -0.39 is 6.04 Å². The van der Waals surface area contributed by atoms with Gasteiger partial charge in [-0.1, -0.05) is 26.7 Å². The molecule has 1 heterocycles. The van der Waals surface area contributed by atoms with Crippen LogP contribution in [-0.4, -0.2) is 30.2 Å². The van der Waals surface area contributed by atoms with E-state index in [2.05, 4.69) is 5.32 Å². The van der Waals surface area contributed by atoms with E-state index in [0.29, 0.717) is 0 Å². The first-order valence-electron chi connectivity index (χ1n) is 7.22. The minimum atomic E-state index is -0.396. The number of amides is 1. The van der Waals surface area contributed by atoms with Crippen molar-refractivity contribution in [1.29, 1.82) is 0 Å². The smallest absolute Gasteiger partial charge is 0.237 e. The molecule has 4 heteroatoms. The fraction of sp³-hybridized carbons (Fsp3) is 0.929. The van der Waals surface area contributed by atoms with Gasteiger partial charge in [0.25, 0.3) is 0 Å². The zero-order valence-electron chi connectivity index (χ0n) is 11.6. The Balaban J connectivity index is 1.88. The van der Waals surface area contributed by atoms with E-state index in [1.165, 1.54) is 12.8 Å². The van der Waals surface area contributed by atoms with Gasteiger partial charge in [-0.15, -0.1) is 0 Å². The molecule has 0 aromatic rings. The Morgan fingerprint density at radius 1 is 1.39 bits per heavy atom. The molecule has 1 aliphatic heterocycles. The molecular formula is C14H26N2O2. The summed E-state index contributed by atoms with van der Waals surface area (Å²) in [5.74, 6) is 0.176. The van der Waals surface area contributed by atoms with Gasteiger partial charge in [0.15, 0.2) is 0 Å². The minimum Gasteiger partial charge on any atom is -0.375 e. The number of nitrogens with two attached hydrogens (primary N) is 1. The maximum atomic E-state index is 12.0. The Morgan fingerprint density at radius 2 is 2.06 bits per heavy atom. The van der Waals surface area contributed by atoms with Crippen LogP contribution >= 0.6 is 0 Å². The molecule has 104 valence electrons. The van der Waals surface area contributed by atoms with Gasteiger partial charge in [0.05, 0.1) is 11.6 Å². The van der Waals surface area contributed by atoms with Gasteiger partial charge in [0, 0.05) is 12.6 Å². The van der Waals surface area contributed by atoms with E-state index in [9.17, 15) is 4.79 Å². The van der Waals surface area contributed by atoms with Crippen LogP contribution in [0.25, 0.3) is 0 Å². The second-order valence-electron chi connectivity index (χ2n) is 6.21. The van der Waals surface area contributed by atoms with Crippen molar-refractivity contribution in [2.45, 2.75) is 70.1 Å². The van der Waals surface area contributed by atoms with Gasteiger partial charge >= 0.3 is 0 Å². The predicted octanol–water partition coefficient (Wildman–Crippen LogP) is 1.58. The second-order valence-corrected chi connectivity index (χ2v) is 6.21. The topological polar surface area (TPSA) is 64.4 Å². The molecule has 2 atom stereocenters. The molecular weight excluding hydrogens is 228 g/mol. The summed E-state index contributed by atoms with van der Waals surface area (Å²) >= 11 is 0. The van der Waals surface area contributed by atoms with Gasteiger partial charge < -0.3 is 15.8 Å². The Hall–Kier alpha value is -0.610. The summed E-state index contributed by atoms with van der Waals surface area (Å²) in [4.78, 5) is 12.0. The third-order valence-electron chi connectivity index (χ3n) is 4.38. The maximum Gasteiger partial charge on any atom is 0.237 e. The zero-order chi connectivity index (χ0) is 13.2. The summed E-state index contributed by atoms with van der Waals surface area (Å²) in [6.07, 6.45) is 6.69. The highest BCUT2D eigenvalue weighted by Gasteiger charge is 2.40. The maximum absolute atomic E-state index is 12.0. The second kappa shape index (κ2) is 5.57.